The fourth-order valence-corrected chi connectivity index (χ4v) is 3.86. The van der Waals surface area contributed by atoms with Gasteiger partial charge in [-0.2, -0.15) is 9.78 Å². The van der Waals surface area contributed by atoms with Crippen molar-refractivity contribution in [1.82, 2.24) is 30.0 Å². The fourth-order valence-electron chi connectivity index (χ4n) is 3.86. The molecule has 12 heteroatoms. The first kappa shape index (κ1) is 21.2. The maximum atomic E-state index is 11.2. The van der Waals surface area contributed by atoms with Crippen molar-refractivity contribution in [2.45, 2.75) is 31.3 Å². The number of carboxylic acids is 1. The molecule has 5 rings (SSSR count). The van der Waals surface area contributed by atoms with Crippen LogP contribution in [0.2, 0.25) is 0 Å². The van der Waals surface area contributed by atoms with E-state index in [-0.39, 0.29) is 30.0 Å². The number of carboxylic acid groups (broad SMARTS) is 1. The summed E-state index contributed by atoms with van der Waals surface area (Å²) in [4.78, 5) is 11.2. The summed E-state index contributed by atoms with van der Waals surface area (Å²) in [5, 5.41) is 24.7. The first-order chi connectivity index (χ1) is 16.0. The molecule has 4 atom stereocenters. The maximum absolute atomic E-state index is 11.2. The van der Waals surface area contributed by atoms with Crippen molar-refractivity contribution >= 4 is 5.97 Å². The molecule has 2 saturated heterocycles. The normalized spacial score (nSPS) is 24.0. The van der Waals surface area contributed by atoms with Crippen LogP contribution in [0.4, 0.5) is 0 Å². The van der Waals surface area contributed by atoms with Crippen LogP contribution in [-0.4, -0.2) is 85.3 Å². The Labute approximate surface area is 188 Å². The number of ether oxygens (including phenoxy) is 4. The van der Waals surface area contributed by atoms with Gasteiger partial charge in [0.1, 0.15) is 36.1 Å². The molecule has 0 amide bonds. The van der Waals surface area contributed by atoms with Crippen molar-refractivity contribution in [2.75, 3.05) is 19.8 Å². The number of hydrogen-bond acceptors (Lipinski definition) is 9. The van der Waals surface area contributed by atoms with Gasteiger partial charge in [0.2, 0.25) is 0 Å². The largest absolute Gasteiger partial charge is 0.483 e. The Morgan fingerprint density at radius 2 is 2.03 bits per heavy atom. The van der Waals surface area contributed by atoms with Gasteiger partial charge in [0.05, 0.1) is 37.3 Å². The molecule has 0 aliphatic carbocycles. The van der Waals surface area contributed by atoms with E-state index in [1.165, 1.54) is 28.1 Å². The monoisotopic (exact) mass is 454 g/mol. The standard InChI is InChI=1S/C21H22N6O6/c1-12(2)8-30-17-9-31-20-18(10-32-19(17)20)33-16-4-3-14(5-15(16)27-11-22-24-25-27)26-7-13(6-23-26)21(28)29/h3-7,11,17-20H,1,8-10H2,2H3,(H,28,29)/t17-,18-,19+,20+/m0/s1. The predicted molar refractivity (Wildman–Crippen MR) is 112 cm³/mol. The summed E-state index contributed by atoms with van der Waals surface area (Å²) < 4.78 is 26.9. The third-order valence-corrected chi connectivity index (χ3v) is 5.42. The highest BCUT2D eigenvalue weighted by Gasteiger charge is 2.49. The van der Waals surface area contributed by atoms with Gasteiger partial charge in [0.15, 0.2) is 6.10 Å². The molecule has 2 aliphatic heterocycles. The summed E-state index contributed by atoms with van der Waals surface area (Å²) >= 11 is 0. The molecular weight excluding hydrogens is 432 g/mol. The van der Waals surface area contributed by atoms with E-state index in [0.717, 1.165) is 5.57 Å². The van der Waals surface area contributed by atoms with E-state index in [0.29, 0.717) is 36.9 Å². The number of aromatic nitrogens is 6. The third-order valence-electron chi connectivity index (χ3n) is 5.42. The van der Waals surface area contributed by atoms with Gasteiger partial charge < -0.3 is 24.1 Å². The molecule has 4 heterocycles. The number of tetrazole rings is 1. The van der Waals surface area contributed by atoms with E-state index in [1.54, 1.807) is 18.2 Å². The van der Waals surface area contributed by atoms with Crippen molar-refractivity contribution in [3.8, 4) is 17.1 Å². The van der Waals surface area contributed by atoms with Gasteiger partial charge in [-0.05, 0) is 35.5 Å². The molecule has 1 aromatic carbocycles. The van der Waals surface area contributed by atoms with E-state index in [4.69, 9.17) is 24.1 Å². The molecule has 2 aromatic heterocycles. The average molecular weight is 454 g/mol. The second-order valence-corrected chi connectivity index (χ2v) is 7.94. The molecule has 2 aliphatic rings. The molecule has 12 nitrogen and oxygen atoms in total. The van der Waals surface area contributed by atoms with Gasteiger partial charge in [0.25, 0.3) is 0 Å². The van der Waals surface area contributed by atoms with E-state index < -0.39 is 5.97 Å². The molecule has 33 heavy (non-hydrogen) atoms. The van der Waals surface area contributed by atoms with Crippen LogP contribution in [-0.2, 0) is 14.2 Å². The topological polar surface area (TPSA) is 136 Å². The number of nitrogens with zero attached hydrogens (tertiary/aromatic N) is 6. The molecule has 0 unspecified atom stereocenters. The van der Waals surface area contributed by atoms with Gasteiger partial charge in [-0.15, -0.1) is 5.10 Å². The van der Waals surface area contributed by atoms with Gasteiger partial charge in [-0.25, -0.2) is 9.48 Å². The number of rotatable bonds is 8. The molecule has 2 fully saturated rings. The van der Waals surface area contributed by atoms with Crippen molar-refractivity contribution in [1.29, 1.82) is 0 Å². The van der Waals surface area contributed by atoms with E-state index in [2.05, 4.69) is 27.2 Å². The van der Waals surface area contributed by atoms with Crippen molar-refractivity contribution in [2.24, 2.45) is 0 Å². The Kier molecular flexibility index (Phi) is 5.62. The SMILES string of the molecule is C=C(C)CO[C@H]1CO[C@H]2[C@@H]1OC[C@@H]2Oc1ccc(-n2cc(C(=O)O)cn2)cc1-n1cnnn1. The molecule has 0 spiro atoms. The number of hydrogen-bond donors (Lipinski definition) is 1. The second kappa shape index (κ2) is 8.73. The number of fused-ring (bicyclic) bond motifs is 1. The Hall–Kier alpha value is -3.61. The Morgan fingerprint density at radius 1 is 1.24 bits per heavy atom. The van der Waals surface area contributed by atoms with Crippen LogP contribution in [0.5, 0.6) is 5.75 Å². The first-order valence-electron chi connectivity index (χ1n) is 10.3. The minimum Gasteiger partial charge on any atom is -0.483 e. The minimum absolute atomic E-state index is 0.0789. The smallest absolute Gasteiger partial charge is 0.338 e. The Bertz CT molecular complexity index is 1160. The van der Waals surface area contributed by atoms with E-state index >= 15 is 0 Å². The Morgan fingerprint density at radius 3 is 2.73 bits per heavy atom. The third kappa shape index (κ3) is 4.23. The van der Waals surface area contributed by atoms with Gasteiger partial charge in [-0.1, -0.05) is 12.2 Å². The van der Waals surface area contributed by atoms with Crippen LogP contribution in [0.3, 0.4) is 0 Å². The van der Waals surface area contributed by atoms with Crippen LogP contribution in [0.1, 0.15) is 17.3 Å². The van der Waals surface area contributed by atoms with Crippen LogP contribution >= 0.6 is 0 Å². The number of carbonyl (C=O) groups is 1. The van der Waals surface area contributed by atoms with Gasteiger partial charge in [0, 0.05) is 6.20 Å². The zero-order valence-corrected chi connectivity index (χ0v) is 17.8. The maximum Gasteiger partial charge on any atom is 0.338 e. The molecule has 0 saturated carbocycles. The summed E-state index contributed by atoms with van der Waals surface area (Å²) in [6.07, 6.45) is 3.13. The quantitative estimate of drug-likeness (QED) is 0.492. The van der Waals surface area contributed by atoms with Gasteiger partial charge in [-0.3, -0.25) is 0 Å². The minimum atomic E-state index is -1.06. The highest BCUT2D eigenvalue weighted by atomic mass is 16.6. The molecule has 3 aromatic rings. The lowest BCUT2D eigenvalue weighted by Crippen LogP contribution is -2.35. The van der Waals surface area contributed by atoms with Gasteiger partial charge >= 0.3 is 5.97 Å². The highest BCUT2D eigenvalue weighted by Crippen LogP contribution is 2.34. The molecule has 1 N–H and O–H groups in total. The number of benzene rings is 1. The zero-order valence-electron chi connectivity index (χ0n) is 17.8. The summed E-state index contributed by atoms with van der Waals surface area (Å²) in [7, 11) is 0. The lowest BCUT2D eigenvalue weighted by molar-refractivity contribution is -0.0277. The predicted octanol–water partition coefficient (Wildman–Crippen LogP) is 1.05. The zero-order chi connectivity index (χ0) is 22.9. The van der Waals surface area contributed by atoms with Crippen LogP contribution in [0, 0.1) is 0 Å². The van der Waals surface area contributed by atoms with Crippen LogP contribution in [0.15, 0.2) is 49.1 Å². The molecule has 172 valence electrons. The van der Waals surface area contributed by atoms with E-state index in [1.807, 2.05) is 6.92 Å². The molecule has 0 bridgehead atoms. The van der Waals surface area contributed by atoms with E-state index in [9.17, 15) is 4.79 Å². The van der Waals surface area contributed by atoms with Crippen LogP contribution in [0.25, 0.3) is 11.4 Å². The summed E-state index contributed by atoms with van der Waals surface area (Å²) in [5.74, 6) is -0.541. The highest BCUT2D eigenvalue weighted by molar-refractivity contribution is 5.87. The summed E-state index contributed by atoms with van der Waals surface area (Å²) in [5.41, 5.74) is 2.19. The average Bonchev–Trinajstić information content (AvgIpc) is 3.58. The lowest BCUT2D eigenvalue weighted by atomic mass is 10.1. The molecular formula is C21H22N6O6. The summed E-state index contributed by atoms with van der Waals surface area (Å²) in [6, 6.07) is 5.28. The molecule has 0 radical (unpaired) electrons. The summed E-state index contributed by atoms with van der Waals surface area (Å²) in [6.45, 7) is 6.99. The van der Waals surface area contributed by atoms with Crippen molar-refractivity contribution in [3.05, 3.63) is 54.6 Å². The second-order valence-electron chi connectivity index (χ2n) is 7.94. The first-order valence-corrected chi connectivity index (χ1v) is 10.3. The lowest BCUT2D eigenvalue weighted by Gasteiger charge is -2.20. The number of aromatic carboxylic acids is 1. The van der Waals surface area contributed by atoms with Crippen LogP contribution < -0.4 is 4.74 Å². The Balaban J connectivity index is 1.38. The van der Waals surface area contributed by atoms with Crippen molar-refractivity contribution in [3.63, 3.8) is 0 Å². The van der Waals surface area contributed by atoms with Crippen molar-refractivity contribution < 1.29 is 28.8 Å². The fraction of sp³-hybridized carbons (Fsp3) is 0.381.